The molecule has 31 heavy (non-hydrogen) atoms. The van der Waals surface area contributed by atoms with Gasteiger partial charge in [-0.05, 0) is 76.0 Å². The molecule has 0 saturated heterocycles. The van der Waals surface area contributed by atoms with E-state index in [4.69, 9.17) is 0 Å². The molecule has 1 heterocycles. The van der Waals surface area contributed by atoms with Gasteiger partial charge in [0, 0.05) is 28.2 Å². The molecule has 0 fully saturated rings. The molecule has 0 bridgehead atoms. The van der Waals surface area contributed by atoms with Gasteiger partial charge in [-0.3, -0.25) is 0 Å². The van der Waals surface area contributed by atoms with Crippen LogP contribution < -0.4 is 0 Å². The van der Waals surface area contributed by atoms with Crippen LogP contribution in [0.2, 0.25) is 0 Å². The summed E-state index contributed by atoms with van der Waals surface area (Å²) < 4.78 is 2.32. The highest BCUT2D eigenvalue weighted by molar-refractivity contribution is 5.72. The van der Waals surface area contributed by atoms with E-state index in [2.05, 4.69) is 107 Å². The van der Waals surface area contributed by atoms with Crippen LogP contribution in [0.25, 0.3) is 23.4 Å². The first-order valence-electron chi connectivity index (χ1n) is 10.8. The van der Waals surface area contributed by atoms with E-state index >= 15 is 0 Å². The van der Waals surface area contributed by atoms with E-state index in [9.17, 15) is 0 Å². The molecule has 0 radical (unpaired) electrons. The van der Waals surface area contributed by atoms with Gasteiger partial charge in [-0.25, -0.2) is 0 Å². The normalized spacial score (nSPS) is 13.1. The highest BCUT2D eigenvalue weighted by Gasteiger charge is 2.15. The van der Waals surface area contributed by atoms with Crippen molar-refractivity contribution in [3.8, 4) is 5.69 Å². The molecular weight excluding hydrogens is 374 g/mol. The van der Waals surface area contributed by atoms with Crippen LogP contribution in [0, 0.1) is 13.8 Å². The maximum atomic E-state index is 4.21. The largest absolute Gasteiger partial charge is 0.317 e. The van der Waals surface area contributed by atoms with Gasteiger partial charge in [0.05, 0.1) is 0 Å². The summed E-state index contributed by atoms with van der Waals surface area (Å²) >= 11 is 0. The number of allylic oxidation sites excluding steroid dienone is 10. The zero-order valence-corrected chi connectivity index (χ0v) is 19.9. The average Bonchev–Trinajstić information content (AvgIpc) is 2.99. The second-order valence-corrected chi connectivity index (χ2v) is 7.70. The number of benzene rings is 1. The third kappa shape index (κ3) is 5.64. The molecule has 0 amide bonds. The summed E-state index contributed by atoms with van der Waals surface area (Å²) in [6.45, 7) is 20.7. The van der Waals surface area contributed by atoms with Crippen molar-refractivity contribution in [2.45, 2.75) is 41.5 Å². The first-order valence-corrected chi connectivity index (χ1v) is 10.8. The minimum Gasteiger partial charge on any atom is -0.317 e. The Balaban J connectivity index is 2.44. The molecule has 2 rings (SSSR count). The summed E-state index contributed by atoms with van der Waals surface area (Å²) in [6.07, 6.45) is 18.5. The van der Waals surface area contributed by atoms with Crippen LogP contribution in [0.5, 0.6) is 0 Å². The maximum Gasteiger partial charge on any atom is 0.0455 e. The van der Waals surface area contributed by atoms with Crippen LogP contribution in [0.15, 0.2) is 91.1 Å². The molecule has 1 aromatic heterocycles. The Labute approximate surface area is 188 Å². The van der Waals surface area contributed by atoms with Gasteiger partial charge in [0.2, 0.25) is 0 Å². The van der Waals surface area contributed by atoms with Crippen molar-refractivity contribution in [2.75, 3.05) is 0 Å². The van der Waals surface area contributed by atoms with Gasteiger partial charge in [-0.15, -0.1) is 0 Å². The zero-order chi connectivity index (χ0) is 23.0. The standard InChI is InChI=1S/C30H35N/c1-9-12-15-22(4)23(5)21-24(6)27-17-19-28(20-18-27)31-25(7)29(14-11-3)30(26(31)8)16-13-10-2/h9-21H,2,5H2,1,3-4,6-8H3/b12-9-,14-11-,16-13-,22-15+,24-21+. The summed E-state index contributed by atoms with van der Waals surface area (Å²) in [5.41, 5.74) is 10.7. The highest BCUT2D eigenvalue weighted by Crippen LogP contribution is 2.29. The van der Waals surface area contributed by atoms with Crippen molar-refractivity contribution in [3.63, 3.8) is 0 Å². The van der Waals surface area contributed by atoms with Crippen LogP contribution in [-0.4, -0.2) is 4.57 Å². The third-order valence-corrected chi connectivity index (χ3v) is 5.49. The second kappa shape index (κ2) is 11.2. The van der Waals surface area contributed by atoms with Crippen LogP contribution in [-0.2, 0) is 0 Å². The molecule has 1 nitrogen and oxygen atoms in total. The average molecular weight is 410 g/mol. The summed E-state index contributed by atoms with van der Waals surface area (Å²) in [4.78, 5) is 0. The van der Waals surface area contributed by atoms with Gasteiger partial charge >= 0.3 is 0 Å². The lowest BCUT2D eigenvalue weighted by Crippen LogP contribution is -1.99. The molecule has 160 valence electrons. The van der Waals surface area contributed by atoms with Crippen LogP contribution >= 0.6 is 0 Å². The Kier molecular flexibility index (Phi) is 8.63. The van der Waals surface area contributed by atoms with Crippen molar-refractivity contribution < 1.29 is 0 Å². The van der Waals surface area contributed by atoms with Gasteiger partial charge in [0.15, 0.2) is 0 Å². The van der Waals surface area contributed by atoms with Gasteiger partial charge in [0.25, 0.3) is 0 Å². The highest BCUT2D eigenvalue weighted by atomic mass is 15.0. The molecule has 1 heteroatoms. The van der Waals surface area contributed by atoms with E-state index in [1.807, 2.05) is 31.2 Å². The van der Waals surface area contributed by atoms with Crippen molar-refractivity contribution in [3.05, 3.63) is 119 Å². The van der Waals surface area contributed by atoms with Crippen molar-refractivity contribution in [1.82, 2.24) is 4.57 Å². The number of aromatic nitrogens is 1. The summed E-state index contributed by atoms with van der Waals surface area (Å²) in [5.74, 6) is 0. The molecule has 0 N–H and O–H groups in total. The second-order valence-electron chi connectivity index (χ2n) is 7.70. The molecular formula is C30H35N. The fraction of sp³-hybridized carbons (Fsp3) is 0.200. The number of hydrogen-bond donors (Lipinski definition) is 0. The lowest BCUT2D eigenvalue weighted by atomic mass is 10.0. The predicted molar refractivity (Wildman–Crippen MR) is 141 cm³/mol. The van der Waals surface area contributed by atoms with Crippen molar-refractivity contribution in [2.24, 2.45) is 0 Å². The Morgan fingerprint density at radius 3 is 2.03 bits per heavy atom. The summed E-state index contributed by atoms with van der Waals surface area (Å²) in [7, 11) is 0. The van der Waals surface area contributed by atoms with Crippen molar-refractivity contribution in [1.29, 1.82) is 0 Å². The molecule has 0 aliphatic heterocycles. The summed E-state index contributed by atoms with van der Waals surface area (Å²) in [5, 5.41) is 0. The summed E-state index contributed by atoms with van der Waals surface area (Å²) in [6, 6.07) is 8.76. The molecule has 0 atom stereocenters. The number of nitrogens with zero attached hydrogens (tertiary/aromatic N) is 1. The first kappa shape index (κ1) is 24.0. The van der Waals surface area contributed by atoms with Crippen LogP contribution in [0.4, 0.5) is 0 Å². The van der Waals surface area contributed by atoms with Crippen LogP contribution in [0.3, 0.4) is 0 Å². The Bertz CT molecular complexity index is 1090. The monoisotopic (exact) mass is 409 g/mol. The lowest BCUT2D eigenvalue weighted by molar-refractivity contribution is 0.963. The van der Waals surface area contributed by atoms with Gasteiger partial charge in [-0.1, -0.05) is 80.0 Å². The predicted octanol–water partition coefficient (Wildman–Crippen LogP) is 8.81. The molecule has 0 spiro atoms. The van der Waals surface area contributed by atoms with E-state index in [1.54, 1.807) is 0 Å². The fourth-order valence-corrected chi connectivity index (χ4v) is 3.70. The Morgan fingerprint density at radius 2 is 1.48 bits per heavy atom. The molecule has 2 aromatic rings. The third-order valence-electron chi connectivity index (χ3n) is 5.49. The van der Waals surface area contributed by atoms with E-state index in [1.165, 1.54) is 44.9 Å². The topological polar surface area (TPSA) is 4.93 Å². The smallest absolute Gasteiger partial charge is 0.0455 e. The number of hydrogen-bond acceptors (Lipinski definition) is 0. The van der Waals surface area contributed by atoms with Crippen LogP contribution in [0.1, 0.15) is 55.8 Å². The maximum absolute atomic E-state index is 4.21. The molecule has 1 aromatic carbocycles. The van der Waals surface area contributed by atoms with E-state index < -0.39 is 0 Å². The Morgan fingerprint density at radius 1 is 0.871 bits per heavy atom. The van der Waals surface area contributed by atoms with Gasteiger partial charge in [-0.2, -0.15) is 0 Å². The molecule has 0 aliphatic carbocycles. The molecule has 0 saturated carbocycles. The minimum atomic E-state index is 1.03. The minimum absolute atomic E-state index is 1.03. The van der Waals surface area contributed by atoms with Gasteiger partial charge < -0.3 is 4.57 Å². The number of rotatable bonds is 8. The van der Waals surface area contributed by atoms with Crippen molar-refractivity contribution >= 4 is 17.7 Å². The van der Waals surface area contributed by atoms with E-state index in [0.29, 0.717) is 0 Å². The first-order chi connectivity index (χ1) is 14.8. The van der Waals surface area contributed by atoms with E-state index in [-0.39, 0.29) is 0 Å². The lowest BCUT2D eigenvalue weighted by Gasteiger charge is -2.11. The fourth-order valence-electron chi connectivity index (χ4n) is 3.70. The quantitative estimate of drug-likeness (QED) is 0.384. The molecule has 0 aliphatic rings. The molecule has 0 unspecified atom stereocenters. The zero-order valence-electron chi connectivity index (χ0n) is 19.9. The SMILES string of the molecule is C=C/C=C\c1c(/C=C\C)c(C)n(-c2ccc(/C(C)=C/C(=C)/C(C)=C/C=C\C)cc2)c1C. The van der Waals surface area contributed by atoms with E-state index in [0.717, 1.165) is 5.57 Å². The Hall–Kier alpha value is -3.32. The van der Waals surface area contributed by atoms with Gasteiger partial charge in [0.1, 0.15) is 0 Å².